The number of nitrogens with two attached hydrogens (primary N) is 3. The highest BCUT2D eigenvalue weighted by atomic mass is 32.2. The number of nitrogen functional groups attached to an aromatic ring is 2. The molecule has 0 aromatic heterocycles. The third-order valence-corrected chi connectivity index (χ3v) is 20.1. The first kappa shape index (κ1) is 92.0. The summed E-state index contributed by atoms with van der Waals surface area (Å²) in [5.74, 6) is -1.91. The quantitative estimate of drug-likeness (QED) is 0.00568. The smallest absolute Gasteiger partial charge is 0.269 e. The summed E-state index contributed by atoms with van der Waals surface area (Å²) in [4.78, 5) is 82.0. The van der Waals surface area contributed by atoms with E-state index >= 15 is 0 Å². The SMILES string of the molecule is CC1=CC(=Nc2ccc(N)cc2)C(N)=CC1=O.Cc1cc(N(CCO)CCO)ccc1N=Nc1ccc(N)cc1.Cc1cc(N(CCO)CCO)ccc1N=Nc1ccc([N+](=O)[O-])cc1.Cc1ccc(Nc2ccc(O)c3c2C(=O)c2ccccc2C3=O)c(S(C)(=O)=O)c1.O=C1c2ccccc2C(=O)c2c(NCC(O)CO)ccc(NCC(O)CO)c21. The number of aryl methyl sites for hydroxylation is 3. The van der Waals surface area contributed by atoms with Crippen LogP contribution < -0.4 is 43.0 Å². The number of nitro benzene ring substituents is 1. The molecule has 33 heteroatoms. The van der Waals surface area contributed by atoms with E-state index in [9.17, 15) is 57.8 Å². The number of rotatable bonds is 27. The van der Waals surface area contributed by atoms with Gasteiger partial charge < -0.3 is 88.9 Å². The lowest BCUT2D eigenvalue weighted by atomic mass is 9.82. The molecule has 2 unspecified atom stereocenters. The molecule has 0 fully saturated rings. The molecular weight excluding hydrogens is 1590 g/mol. The summed E-state index contributed by atoms with van der Waals surface area (Å²) in [5, 5.41) is 120. The summed E-state index contributed by atoms with van der Waals surface area (Å²) in [5.41, 5.74) is 30.5. The number of phenols is 1. The first-order chi connectivity index (χ1) is 58.4. The van der Waals surface area contributed by atoms with Gasteiger partial charge in [-0.15, -0.1) is 0 Å². The van der Waals surface area contributed by atoms with Crippen molar-refractivity contribution in [1.82, 2.24) is 0 Å². The number of nitro groups is 1. The summed E-state index contributed by atoms with van der Waals surface area (Å²) in [6, 6.07) is 55.3. The van der Waals surface area contributed by atoms with E-state index in [0.717, 1.165) is 51.4 Å². The highest BCUT2D eigenvalue weighted by Crippen LogP contribution is 2.41. The highest BCUT2D eigenvalue weighted by Gasteiger charge is 2.36. The van der Waals surface area contributed by atoms with Crippen LogP contribution in [0.4, 0.5) is 79.6 Å². The molecule has 13 rings (SSSR count). The first-order valence-electron chi connectivity index (χ1n) is 38.2. The van der Waals surface area contributed by atoms with E-state index < -0.39 is 51.7 Å². The maximum absolute atomic E-state index is 13.1. The second kappa shape index (κ2) is 43.2. The molecule has 122 heavy (non-hydrogen) atoms. The van der Waals surface area contributed by atoms with Gasteiger partial charge in [-0.3, -0.25) is 34.1 Å². The number of aliphatic hydroxyl groups excluding tert-OH is 8. The molecule has 0 saturated heterocycles. The normalized spacial score (nSPS) is 13.4. The predicted octanol–water partition coefficient (Wildman–Crippen LogP) is 11.2. The molecule has 0 spiro atoms. The molecule has 10 aromatic carbocycles. The molecule has 10 aromatic rings. The highest BCUT2D eigenvalue weighted by molar-refractivity contribution is 7.90. The Morgan fingerprint density at radius 2 is 0.861 bits per heavy atom. The Labute approximate surface area is 702 Å². The van der Waals surface area contributed by atoms with Crippen molar-refractivity contribution in [1.29, 1.82) is 0 Å². The Hall–Kier alpha value is -13.9. The number of nitrogens with one attached hydrogen (secondary N) is 3. The minimum absolute atomic E-state index is 0.000646. The van der Waals surface area contributed by atoms with Gasteiger partial charge in [-0.2, -0.15) is 20.5 Å². The number of aliphatic imine (C=N–C) groups is 1. The lowest BCUT2D eigenvalue weighted by molar-refractivity contribution is -0.384. The Bertz CT molecular complexity index is 5680. The number of non-ortho nitro benzene ring substituents is 1. The largest absolute Gasteiger partial charge is 0.507 e. The summed E-state index contributed by atoms with van der Waals surface area (Å²) in [7, 11) is -3.54. The second-order valence-electron chi connectivity index (χ2n) is 28.0. The number of aliphatic hydroxyl groups is 8. The molecule has 0 radical (unpaired) electrons. The van der Waals surface area contributed by atoms with Crippen LogP contribution >= 0.6 is 0 Å². The molecule has 3 aliphatic carbocycles. The van der Waals surface area contributed by atoms with E-state index in [0.29, 0.717) is 88.4 Å². The molecule has 0 saturated carbocycles. The monoisotopic (exact) mass is 1680 g/mol. The van der Waals surface area contributed by atoms with Gasteiger partial charge in [0.25, 0.3) is 5.69 Å². The third kappa shape index (κ3) is 24.0. The zero-order valence-corrected chi connectivity index (χ0v) is 68.1. The number of sulfone groups is 1. The summed E-state index contributed by atoms with van der Waals surface area (Å²) >= 11 is 0. The van der Waals surface area contributed by atoms with Crippen molar-refractivity contribution in [3.63, 3.8) is 0 Å². The topological polar surface area (TPSA) is 527 Å². The Morgan fingerprint density at radius 1 is 0.467 bits per heavy atom. The van der Waals surface area contributed by atoms with Gasteiger partial charge in [0, 0.05) is 120 Å². The van der Waals surface area contributed by atoms with Crippen LogP contribution in [-0.4, -0.2) is 191 Å². The summed E-state index contributed by atoms with van der Waals surface area (Å²) in [6.45, 7) is 8.39. The van der Waals surface area contributed by atoms with Gasteiger partial charge >= 0.3 is 0 Å². The number of carbonyl (C=O) groups excluding carboxylic acids is 5. The Kier molecular flexibility index (Phi) is 32.6. The zero-order chi connectivity index (χ0) is 88.5. The van der Waals surface area contributed by atoms with Gasteiger partial charge in [0.2, 0.25) is 0 Å². The number of fused-ring (bicyclic) bond motifs is 4. The maximum atomic E-state index is 13.1. The molecule has 2 atom stereocenters. The number of allylic oxidation sites excluding steroid dienone is 3. The molecule has 0 heterocycles. The van der Waals surface area contributed by atoms with Crippen LogP contribution in [0.2, 0.25) is 0 Å². The van der Waals surface area contributed by atoms with Gasteiger partial charge in [-0.05, 0) is 189 Å². The van der Waals surface area contributed by atoms with E-state index in [-0.39, 0.29) is 118 Å². The molecule has 0 aliphatic heterocycles. The summed E-state index contributed by atoms with van der Waals surface area (Å²) < 4.78 is 24.4. The number of aromatic hydroxyl groups is 1. The predicted molar refractivity (Wildman–Crippen MR) is 468 cm³/mol. The van der Waals surface area contributed by atoms with Gasteiger partial charge in [-0.25, -0.2) is 13.4 Å². The van der Waals surface area contributed by atoms with Gasteiger partial charge in [0.05, 0.1) is 135 Å². The van der Waals surface area contributed by atoms with Crippen molar-refractivity contribution in [3.8, 4) is 5.75 Å². The molecule has 634 valence electrons. The van der Waals surface area contributed by atoms with Crippen LogP contribution in [-0.2, 0) is 14.6 Å². The fourth-order valence-electron chi connectivity index (χ4n) is 12.6. The standard InChI is InChI=1S/C22H17NO5S.C20H22N2O6.C17H20N4O4.C17H22N4O2.C13H13N3O/c1-12-7-8-15(18(11-12)29(2,27)28)23-16-9-10-17(24)20-19(16)21(25)13-5-3-4-6-14(13)22(20)26;23-9-11(25)7-21-15-5-6-16(22-8-12(26)10-24)18-17(15)19(27)13-3-1-2-4-14(13)20(18)28;1-13-12-16(20(8-10-22)9-11-23)6-7-17(13)19-18-14-2-4-15(5-3-14)21(24)25;1-13-12-16(21(8-10-22)9-11-23)6-7-17(13)20-19-15-4-2-14(18)3-5-15;1-8-6-12(11(15)7-13(8)17)16-10-4-2-9(14)3-5-10/h3-11,23-24H,1-2H3;1-6,11-12,21-26H,7-10H2;2-7,12,22-23H,8-11H2,1H3;2-7,12,22-23H,8-11,18H2,1H3;2-7H,14-15H2,1H3. The van der Waals surface area contributed by atoms with Crippen molar-refractivity contribution in [2.45, 2.75) is 44.8 Å². The van der Waals surface area contributed by atoms with E-state index in [1.54, 1.807) is 135 Å². The van der Waals surface area contributed by atoms with E-state index in [4.69, 9.17) is 47.8 Å². The fourth-order valence-corrected chi connectivity index (χ4v) is 13.5. The number of benzene rings is 10. The van der Waals surface area contributed by atoms with Crippen LogP contribution in [0.3, 0.4) is 0 Å². The average molecular weight is 1680 g/mol. The first-order valence-corrected chi connectivity index (χ1v) is 40.1. The van der Waals surface area contributed by atoms with Crippen LogP contribution in [0, 0.1) is 30.9 Å². The van der Waals surface area contributed by atoms with Gasteiger partial charge in [-0.1, -0.05) is 54.6 Å². The molecule has 18 N–H and O–H groups in total. The minimum atomic E-state index is -3.54. The average Bonchev–Trinajstić information content (AvgIpc) is 0.745. The van der Waals surface area contributed by atoms with Crippen molar-refractivity contribution in [2.75, 3.05) is 122 Å². The van der Waals surface area contributed by atoms with Crippen molar-refractivity contribution in [3.05, 3.63) is 295 Å². The van der Waals surface area contributed by atoms with E-state index in [1.165, 1.54) is 48.5 Å². The second-order valence-corrected chi connectivity index (χ2v) is 30.0. The fraction of sp³-hybridized carbons (Fsp3) is 0.213. The van der Waals surface area contributed by atoms with Crippen LogP contribution in [0.25, 0.3) is 0 Å². The van der Waals surface area contributed by atoms with Gasteiger partial charge in [0.15, 0.2) is 38.8 Å². The third-order valence-electron chi connectivity index (χ3n) is 19.0. The number of hydrogen-bond donors (Lipinski definition) is 15. The minimum Gasteiger partial charge on any atom is -0.507 e. The van der Waals surface area contributed by atoms with Crippen molar-refractivity contribution in [2.24, 2.45) is 31.2 Å². The maximum Gasteiger partial charge on any atom is 0.269 e. The van der Waals surface area contributed by atoms with E-state index in [2.05, 4.69) is 41.4 Å². The molecule has 0 bridgehead atoms. The lowest BCUT2D eigenvalue weighted by Crippen LogP contribution is -2.29. The van der Waals surface area contributed by atoms with Crippen LogP contribution in [0.15, 0.2) is 254 Å². The lowest BCUT2D eigenvalue weighted by Gasteiger charge is -2.24. The number of nitrogens with zero attached hydrogens (tertiary/aromatic N) is 8. The molecule has 0 amide bonds. The molecule has 32 nitrogen and oxygen atoms in total. The zero-order valence-electron chi connectivity index (χ0n) is 67.3. The number of azo groups is 2. The molecule has 3 aliphatic rings. The number of phenolic OH excluding ortho intramolecular Hbond substituents is 1. The number of hydrogen-bond acceptors (Lipinski definition) is 31. The molecular formula is C89H94N14O18S. The van der Waals surface area contributed by atoms with Crippen molar-refractivity contribution < 1.29 is 83.3 Å². The van der Waals surface area contributed by atoms with Crippen molar-refractivity contribution >= 4 is 124 Å². The van der Waals surface area contributed by atoms with Crippen LogP contribution in [0.5, 0.6) is 5.75 Å². The Balaban J connectivity index is 0.000000175. The Morgan fingerprint density at radius 3 is 1.26 bits per heavy atom. The number of ketones is 5. The number of anilines is 8. The summed E-state index contributed by atoms with van der Waals surface area (Å²) in [6.07, 6.45) is 2.15. The van der Waals surface area contributed by atoms with Gasteiger partial charge in [0.1, 0.15) is 5.75 Å². The van der Waals surface area contributed by atoms with E-state index in [1.807, 2.05) is 66.1 Å². The van der Waals surface area contributed by atoms with Crippen LogP contribution in [0.1, 0.15) is 87.3 Å². The number of carbonyl (C=O) groups is 5.